The van der Waals surface area contributed by atoms with Crippen LogP contribution in [-0.2, 0) is 7.05 Å². The van der Waals surface area contributed by atoms with Crippen LogP contribution in [0.1, 0.15) is 27.9 Å². The molecule has 0 fully saturated rings. The van der Waals surface area contributed by atoms with Crippen LogP contribution < -0.4 is 16.0 Å². The first-order chi connectivity index (χ1) is 12.5. The summed E-state index contributed by atoms with van der Waals surface area (Å²) in [5.74, 6) is -0.260. The van der Waals surface area contributed by atoms with Gasteiger partial charge in [0, 0.05) is 13.2 Å². The molecule has 9 heteroatoms. The van der Waals surface area contributed by atoms with E-state index in [2.05, 4.69) is 20.4 Å². The summed E-state index contributed by atoms with van der Waals surface area (Å²) < 4.78 is 1.62. The minimum Gasteiger partial charge on any atom is -0.364 e. The molecule has 0 saturated carbocycles. The topological polar surface area (TPSA) is 102 Å². The number of amides is 1. The van der Waals surface area contributed by atoms with Gasteiger partial charge in [-0.05, 0) is 25.1 Å². The number of nitrogens with zero attached hydrogens (tertiary/aromatic N) is 5. The largest absolute Gasteiger partial charge is 0.364 e. The van der Waals surface area contributed by atoms with Crippen LogP contribution in [-0.4, -0.2) is 25.7 Å². The molecule has 3 aromatic rings. The third-order valence-corrected chi connectivity index (χ3v) is 4.74. The number of halogens is 1. The Bertz CT molecular complexity index is 1020. The van der Waals surface area contributed by atoms with Crippen LogP contribution >= 0.6 is 11.6 Å². The first-order valence-corrected chi connectivity index (χ1v) is 8.32. The molecule has 0 spiro atoms. The SMILES string of the molecule is Cc1nn(C)c(Cl)c1C1Nc2ccccc2N1c1nccc(C(N)=O)n1. The van der Waals surface area contributed by atoms with E-state index >= 15 is 0 Å². The molecule has 1 aliphatic heterocycles. The molecule has 4 rings (SSSR count). The molecule has 1 atom stereocenters. The minimum atomic E-state index is -0.610. The second-order valence-electron chi connectivity index (χ2n) is 5.95. The number of carbonyl (C=O) groups is 1. The number of carbonyl (C=O) groups excluding carboxylic acids is 1. The lowest BCUT2D eigenvalue weighted by molar-refractivity contribution is 0.0995. The van der Waals surface area contributed by atoms with E-state index in [1.807, 2.05) is 36.1 Å². The number of benzene rings is 1. The standard InChI is InChI=1S/C17H16ClN7O/c1-9-13(14(18)24(2)23-9)16-21-10-5-3-4-6-12(10)25(16)17-20-8-7-11(22-17)15(19)26/h3-8,16,21H,1-2H3,(H2,19,26). The third-order valence-electron chi connectivity index (χ3n) is 4.29. The number of anilines is 3. The predicted molar refractivity (Wildman–Crippen MR) is 98.4 cm³/mol. The van der Waals surface area contributed by atoms with Crippen molar-refractivity contribution in [3.63, 3.8) is 0 Å². The Labute approximate surface area is 154 Å². The van der Waals surface area contributed by atoms with E-state index in [-0.39, 0.29) is 11.9 Å². The second-order valence-corrected chi connectivity index (χ2v) is 6.31. The summed E-state index contributed by atoms with van der Waals surface area (Å²) in [6.45, 7) is 1.89. The number of rotatable bonds is 3. The molecule has 0 aliphatic carbocycles. The van der Waals surface area contributed by atoms with Crippen LogP contribution in [0.3, 0.4) is 0 Å². The molecule has 0 saturated heterocycles. The van der Waals surface area contributed by atoms with Crippen molar-refractivity contribution in [1.29, 1.82) is 0 Å². The minimum absolute atomic E-state index is 0.145. The Kier molecular flexibility index (Phi) is 3.77. The molecule has 1 amide bonds. The monoisotopic (exact) mass is 369 g/mol. The van der Waals surface area contributed by atoms with E-state index in [0.717, 1.165) is 22.6 Å². The van der Waals surface area contributed by atoms with E-state index in [4.69, 9.17) is 17.3 Å². The highest BCUT2D eigenvalue weighted by molar-refractivity contribution is 6.30. The first-order valence-electron chi connectivity index (χ1n) is 7.94. The maximum atomic E-state index is 11.5. The molecular formula is C17H16ClN7O. The highest BCUT2D eigenvalue weighted by Crippen LogP contribution is 2.46. The quantitative estimate of drug-likeness (QED) is 0.735. The Morgan fingerprint density at radius 3 is 2.77 bits per heavy atom. The van der Waals surface area contributed by atoms with Crippen molar-refractivity contribution in [3.05, 3.63) is 58.6 Å². The maximum absolute atomic E-state index is 11.5. The Morgan fingerprint density at radius 2 is 2.08 bits per heavy atom. The molecule has 0 bridgehead atoms. The zero-order chi connectivity index (χ0) is 18.4. The lowest BCUT2D eigenvalue weighted by Crippen LogP contribution is -2.27. The van der Waals surface area contributed by atoms with Crippen LogP contribution in [0.25, 0.3) is 0 Å². The number of hydrogen-bond donors (Lipinski definition) is 2. The Balaban J connectivity index is 1.90. The number of nitrogens with two attached hydrogens (primary N) is 1. The number of primary amides is 1. The van der Waals surface area contributed by atoms with Gasteiger partial charge in [0.05, 0.1) is 22.6 Å². The highest BCUT2D eigenvalue weighted by atomic mass is 35.5. The predicted octanol–water partition coefficient (Wildman–Crippen LogP) is 2.53. The van der Waals surface area contributed by atoms with Crippen molar-refractivity contribution in [1.82, 2.24) is 19.7 Å². The number of aromatic nitrogens is 4. The average Bonchev–Trinajstić information content (AvgIpc) is 3.11. The molecule has 3 N–H and O–H groups in total. The summed E-state index contributed by atoms with van der Waals surface area (Å²) in [7, 11) is 1.79. The average molecular weight is 370 g/mol. The summed E-state index contributed by atoms with van der Waals surface area (Å²) in [4.78, 5) is 22.1. The van der Waals surface area contributed by atoms with Crippen molar-refractivity contribution in [3.8, 4) is 0 Å². The molecule has 132 valence electrons. The fraction of sp³-hybridized carbons (Fsp3) is 0.176. The third kappa shape index (κ3) is 2.46. The lowest BCUT2D eigenvalue weighted by atomic mass is 10.2. The van der Waals surface area contributed by atoms with Crippen molar-refractivity contribution in [2.45, 2.75) is 13.1 Å². The molecule has 8 nitrogen and oxygen atoms in total. The summed E-state index contributed by atoms with van der Waals surface area (Å²) in [5, 5.41) is 8.35. The van der Waals surface area contributed by atoms with Crippen LogP contribution in [0.15, 0.2) is 36.5 Å². The molecule has 1 unspecified atom stereocenters. The van der Waals surface area contributed by atoms with Gasteiger partial charge in [0.15, 0.2) is 0 Å². The number of fused-ring (bicyclic) bond motifs is 1. The van der Waals surface area contributed by atoms with Crippen LogP contribution in [0.2, 0.25) is 5.15 Å². The normalized spacial score (nSPS) is 15.7. The van der Waals surface area contributed by atoms with Gasteiger partial charge in [0.1, 0.15) is 17.0 Å². The zero-order valence-corrected chi connectivity index (χ0v) is 14.9. The maximum Gasteiger partial charge on any atom is 0.267 e. The van der Waals surface area contributed by atoms with E-state index in [1.54, 1.807) is 11.7 Å². The van der Waals surface area contributed by atoms with Crippen LogP contribution in [0, 0.1) is 6.92 Å². The van der Waals surface area contributed by atoms with Crippen molar-refractivity contribution in [2.75, 3.05) is 10.2 Å². The Hall–Kier alpha value is -3.13. The van der Waals surface area contributed by atoms with Gasteiger partial charge in [-0.25, -0.2) is 9.97 Å². The van der Waals surface area contributed by atoms with E-state index in [9.17, 15) is 4.79 Å². The van der Waals surface area contributed by atoms with E-state index < -0.39 is 5.91 Å². The smallest absolute Gasteiger partial charge is 0.267 e. The van der Waals surface area contributed by atoms with Crippen LogP contribution in [0.5, 0.6) is 0 Å². The zero-order valence-electron chi connectivity index (χ0n) is 14.1. The number of hydrogen-bond acceptors (Lipinski definition) is 6. The fourth-order valence-electron chi connectivity index (χ4n) is 3.14. The fourth-order valence-corrected chi connectivity index (χ4v) is 3.42. The summed E-state index contributed by atoms with van der Waals surface area (Å²) in [6.07, 6.45) is 1.15. The van der Waals surface area contributed by atoms with Gasteiger partial charge in [-0.3, -0.25) is 14.4 Å². The van der Waals surface area contributed by atoms with Gasteiger partial charge in [-0.1, -0.05) is 23.7 Å². The van der Waals surface area contributed by atoms with E-state index in [0.29, 0.717) is 11.1 Å². The summed E-state index contributed by atoms with van der Waals surface area (Å²) >= 11 is 6.49. The lowest BCUT2D eigenvalue weighted by Gasteiger charge is -2.25. The van der Waals surface area contributed by atoms with Gasteiger partial charge in [0.2, 0.25) is 5.95 Å². The van der Waals surface area contributed by atoms with E-state index in [1.165, 1.54) is 12.3 Å². The van der Waals surface area contributed by atoms with Gasteiger partial charge in [-0.15, -0.1) is 0 Å². The summed E-state index contributed by atoms with van der Waals surface area (Å²) in [5.41, 5.74) is 8.91. The molecule has 0 radical (unpaired) electrons. The van der Waals surface area contributed by atoms with Crippen molar-refractivity contribution < 1.29 is 4.79 Å². The Morgan fingerprint density at radius 1 is 1.31 bits per heavy atom. The molecule has 2 aromatic heterocycles. The molecule has 1 aromatic carbocycles. The second kappa shape index (κ2) is 5.99. The number of para-hydroxylation sites is 2. The highest BCUT2D eigenvalue weighted by Gasteiger charge is 2.36. The van der Waals surface area contributed by atoms with Crippen molar-refractivity contribution >= 4 is 34.8 Å². The molecular weight excluding hydrogens is 354 g/mol. The molecule has 1 aliphatic rings. The molecule has 26 heavy (non-hydrogen) atoms. The molecule has 3 heterocycles. The first kappa shape index (κ1) is 16.3. The van der Waals surface area contributed by atoms with Gasteiger partial charge in [0.25, 0.3) is 5.91 Å². The number of nitrogens with one attached hydrogen (secondary N) is 1. The van der Waals surface area contributed by atoms with Gasteiger partial charge in [-0.2, -0.15) is 5.10 Å². The van der Waals surface area contributed by atoms with Crippen LogP contribution in [0.4, 0.5) is 17.3 Å². The van der Waals surface area contributed by atoms with Crippen molar-refractivity contribution in [2.24, 2.45) is 12.8 Å². The van der Waals surface area contributed by atoms with Gasteiger partial charge < -0.3 is 11.1 Å². The number of aryl methyl sites for hydroxylation is 2. The van der Waals surface area contributed by atoms with Gasteiger partial charge >= 0.3 is 0 Å². The summed E-state index contributed by atoms with van der Waals surface area (Å²) in [6, 6.07) is 9.25.